The maximum absolute atomic E-state index is 12.2. The lowest BCUT2D eigenvalue weighted by Crippen LogP contribution is -2.44. The van der Waals surface area contributed by atoms with Gasteiger partial charge in [-0.05, 0) is 30.4 Å². The number of benzene rings is 1. The fraction of sp³-hybridized carbons (Fsp3) is 0.500. The zero-order valence-electron chi connectivity index (χ0n) is 14.5. The van der Waals surface area contributed by atoms with Crippen molar-refractivity contribution in [3.8, 4) is 11.4 Å². The fourth-order valence-corrected chi connectivity index (χ4v) is 4.09. The number of hydrogen-bond donors (Lipinski definition) is 2. The van der Waals surface area contributed by atoms with Crippen LogP contribution in [0, 0.1) is 11.8 Å². The van der Waals surface area contributed by atoms with Crippen molar-refractivity contribution >= 4 is 33.6 Å². The molecule has 0 aliphatic heterocycles. The largest absolute Gasteiger partial charge is 0.352 e. The van der Waals surface area contributed by atoms with Crippen molar-refractivity contribution in [3.05, 3.63) is 28.7 Å². The lowest BCUT2D eigenvalue weighted by molar-refractivity contribution is -0.120. The molecule has 3 atom stereocenters. The number of aromatic amines is 1. The number of amides is 1. The summed E-state index contributed by atoms with van der Waals surface area (Å²) in [4.78, 5) is 16.7. The molecule has 134 valence electrons. The third-order valence-corrected chi connectivity index (χ3v) is 6.34. The molecular formula is C18H23BrN4OS. The highest BCUT2D eigenvalue weighted by Gasteiger charge is 2.28. The third-order valence-electron chi connectivity index (χ3n) is 4.97. The van der Waals surface area contributed by atoms with Crippen LogP contribution in [0.15, 0.2) is 33.9 Å². The summed E-state index contributed by atoms with van der Waals surface area (Å²) in [5, 5.41) is 10.9. The van der Waals surface area contributed by atoms with Crippen LogP contribution in [0.4, 0.5) is 0 Å². The van der Waals surface area contributed by atoms with Crippen LogP contribution in [-0.4, -0.2) is 32.9 Å². The molecule has 1 saturated carbocycles. The van der Waals surface area contributed by atoms with Gasteiger partial charge >= 0.3 is 0 Å². The van der Waals surface area contributed by atoms with Crippen LogP contribution in [0.5, 0.6) is 0 Å². The number of aromatic nitrogens is 3. The van der Waals surface area contributed by atoms with Crippen molar-refractivity contribution in [2.75, 3.05) is 5.75 Å². The first-order valence-electron chi connectivity index (χ1n) is 8.63. The molecule has 25 heavy (non-hydrogen) atoms. The summed E-state index contributed by atoms with van der Waals surface area (Å²) in [6.45, 7) is 4.51. The molecule has 1 aliphatic rings. The molecular weight excluding hydrogens is 400 g/mol. The second-order valence-corrected chi connectivity index (χ2v) is 8.56. The Labute approximate surface area is 160 Å². The lowest BCUT2D eigenvalue weighted by atomic mass is 9.78. The van der Waals surface area contributed by atoms with E-state index in [9.17, 15) is 4.79 Å². The molecule has 0 bridgehead atoms. The monoisotopic (exact) mass is 422 g/mol. The maximum Gasteiger partial charge on any atom is 0.230 e. The molecule has 1 amide bonds. The van der Waals surface area contributed by atoms with Crippen LogP contribution in [0.1, 0.15) is 33.1 Å². The van der Waals surface area contributed by atoms with E-state index in [0.29, 0.717) is 34.6 Å². The topological polar surface area (TPSA) is 70.7 Å². The zero-order valence-corrected chi connectivity index (χ0v) is 16.9. The van der Waals surface area contributed by atoms with Gasteiger partial charge in [-0.15, -0.1) is 5.10 Å². The molecule has 1 fully saturated rings. The molecule has 0 spiro atoms. The molecule has 1 aromatic carbocycles. The Kier molecular flexibility index (Phi) is 6.17. The highest BCUT2D eigenvalue weighted by Crippen LogP contribution is 2.29. The number of nitrogens with one attached hydrogen (secondary N) is 2. The van der Waals surface area contributed by atoms with E-state index in [-0.39, 0.29) is 5.91 Å². The SMILES string of the molecule is C[C@H]1[C@@H](NC(=O)CSc2n[nH]c(-c3ccc(Br)cc3)n2)CCC[C@@H]1C. The summed E-state index contributed by atoms with van der Waals surface area (Å²) < 4.78 is 1.02. The smallest absolute Gasteiger partial charge is 0.230 e. The standard InChI is InChI=1S/C18H23BrN4OS/c1-11-4-3-5-15(12(11)2)20-16(24)10-25-18-21-17(22-23-18)13-6-8-14(19)9-7-13/h6-9,11-12,15H,3-5,10H2,1-2H3,(H,20,24)(H,21,22,23)/t11-,12+,15-/m0/s1. The maximum atomic E-state index is 12.2. The molecule has 5 nitrogen and oxygen atoms in total. The third kappa shape index (κ3) is 4.85. The van der Waals surface area contributed by atoms with E-state index in [1.54, 1.807) is 0 Å². The van der Waals surface area contributed by atoms with Gasteiger partial charge in [-0.3, -0.25) is 9.89 Å². The summed E-state index contributed by atoms with van der Waals surface area (Å²) in [7, 11) is 0. The molecule has 0 radical (unpaired) electrons. The Morgan fingerprint density at radius 3 is 2.84 bits per heavy atom. The van der Waals surface area contributed by atoms with E-state index in [0.717, 1.165) is 16.5 Å². The minimum Gasteiger partial charge on any atom is -0.352 e. The van der Waals surface area contributed by atoms with E-state index >= 15 is 0 Å². The Bertz CT molecular complexity index is 718. The van der Waals surface area contributed by atoms with Crippen LogP contribution in [0.2, 0.25) is 0 Å². The van der Waals surface area contributed by atoms with Gasteiger partial charge in [0.2, 0.25) is 11.1 Å². The molecule has 7 heteroatoms. The first kappa shape index (κ1) is 18.5. The molecule has 2 N–H and O–H groups in total. The highest BCUT2D eigenvalue weighted by atomic mass is 79.9. The van der Waals surface area contributed by atoms with Gasteiger partial charge in [0.1, 0.15) is 0 Å². The van der Waals surface area contributed by atoms with Crippen LogP contribution >= 0.6 is 27.7 Å². The van der Waals surface area contributed by atoms with Crippen molar-refractivity contribution in [1.29, 1.82) is 0 Å². The van der Waals surface area contributed by atoms with Gasteiger partial charge < -0.3 is 5.32 Å². The van der Waals surface area contributed by atoms with E-state index in [1.807, 2.05) is 24.3 Å². The Morgan fingerprint density at radius 2 is 2.08 bits per heavy atom. The summed E-state index contributed by atoms with van der Waals surface area (Å²) >= 11 is 4.78. The van der Waals surface area contributed by atoms with Gasteiger partial charge in [0, 0.05) is 16.1 Å². The number of carbonyl (C=O) groups is 1. The first-order valence-corrected chi connectivity index (χ1v) is 10.4. The van der Waals surface area contributed by atoms with E-state index in [1.165, 1.54) is 24.6 Å². The quantitative estimate of drug-likeness (QED) is 0.705. The number of nitrogens with zero attached hydrogens (tertiary/aromatic N) is 2. The fourth-order valence-electron chi connectivity index (χ4n) is 3.21. The molecule has 1 heterocycles. The molecule has 1 aromatic heterocycles. The number of H-pyrrole nitrogens is 1. The minimum absolute atomic E-state index is 0.0611. The van der Waals surface area contributed by atoms with Gasteiger partial charge in [0.05, 0.1) is 5.75 Å². The first-order chi connectivity index (χ1) is 12.0. The van der Waals surface area contributed by atoms with Crippen LogP contribution < -0.4 is 5.32 Å². The van der Waals surface area contributed by atoms with Crippen LogP contribution in [0.25, 0.3) is 11.4 Å². The van der Waals surface area contributed by atoms with Crippen LogP contribution in [0.3, 0.4) is 0 Å². The predicted molar refractivity (Wildman–Crippen MR) is 104 cm³/mol. The van der Waals surface area contributed by atoms with Gasteiger partial charge in [0.15, 0.2) is 5.82 Å². The minimum atomic E-state index is 0.0611. The second-order valence-electron chi connectivity index (χ2n) is 6.70. The van der Waals surface area contributed by atoms with Crippen molar-refractivity contribution < 1.29 is 4.79 Å². The number of hydrogen-bond acceptors (Lipinski definition) is 4. The zero-order chi connectivity index (χ0) is 17.8. The Morgan fingerprint density at radius 1 is 1.32 bits per heavy atom. The molecule has 2 aromatic rings. The Balaban J connectivity index is 1.52. The summed E-state index contributed by atoms with van der Waals surface area (Å²) in [5.41, 5.74) is 0.969. The summed E-state index contributed by atoms with van der Waals surface area (Å²) in [6, 6.07) is 8.16. The second kappa shape index (κ2) is 8.36. The average Bonchev–Trinajstić information content (AvgIpc) is 3.07. The lowest BCUT2D eigenvalue weighted by Gasteiger charge is -2.34. The van der Waals surface area contributed by atoms with E-state index in [4.69, 9.17) is 0 Å². The normalized spacial score (nSPS) is 23.4. The predicted octanol–water partition coefficient (Wildman–Crippen LogP) is 4.27. The highest BCUT2D eigenvalue weighted by molar-refractivity contribution is 9.10. The van der Waals surface area contributed by atoms with Crippen molar-refractivity contribution in [2.24, 2.45) is 11.8 Å². The van der Waals surface area contributed by atoms with Gasteiger partial charge in [0.25, 0.3) is 0 Å². The van der Waals surface area contributed by atoms with Gasteiger partial charge in [-0.2, -0.15) is 0 Å². The summed E-state index contributed by atoms with van der Waals surface area (Å²) in [6.07, 6.45) is 3.54. The molecule has 0 saturated heterocycles. The van der Waals surface area contributed by atoms with Crippen LogP contribution in [-0.2, 0) is 4.79 Å². The van der Waals surface area contributed by atoms with E-state index < -0.39 is 0 Å². The molecule has 0 unspecified atom stereocenters. The van der Waals surface area contributed by atoms with E-state index in [2.05, 4.69) is 50.3 Å². The van der Waals surface area contributed by atoms with Gasteiger partial charge in [-0.25, -0.2) is 4.98 Å². The number of thioether (sulfide) groups is 1. The van der Waals surface area contributed by atoms with Crippen molar-refractivity contribution in [3.63, 3.8) is 0 Å². The number of carbonyl (C=O) groups excluding carboxylic acids is 1. The molecule has 1 aliphatic carbocycles. The Hall–Kier alpha value is -1.34. The number of halogens is 1. The average molecular weight is 423 g/mol. The number of rotatable bonds is 5. The van der Waals surface area contributed by atoms with Crippen molar-refractivity contribution in [2.45, 2.75) is 44.3 Å². The van der Waals surface area contributed by atoms with Gasteiger partial charge in [-0.1, -0.05) is 66.5 Å². The van der Waals surface area contributed by atoms with Crippen molar-refractivity contribution in [1.82, 2.24) is 20.5 Å². The summed E-state index contributed by atoms with van der Waals surface area (Å²) in [5.74, 6) is 2.33. The molecule has 3 rings (SSSR count).